The second kappa shape index (κ2) is 9.88. The van der Waals surface area contributed by atoms with Gasteiger partial charge >= 0.3 is 0 Å². The van der Waals surface area contributed by atoms with Gasteiger partial charge in [0, 0.05) is 4.47 Å². The number of imide groups is 1. The number of phenols is 1. The minimum atomic E-state index is -0.580. The van der Waals surface area contributed by atoms with E-state index in [1.165, 1.54) is 19.3 Å². The number of para-hydroxylation sites is 2. The molecule has 1 fully saturated rings. The van der Waals surface area contributed by atoms with E-state index in [9.17, 15) is 19.5 Å². The van der Waals surface area contributed by atoms with Crippen LogP contribution in [-0.2, 0) is 9.59 Å². The van der Waals surface area contributed by atoms with Crippen molar-refractivity contribution in [3.63, 3.8) is 0 Å². The number of benzene rings is 2. The zero-order valence-electron chi connectivity index (χ0n) is 16.7. The van der Waals surface area contributed by atoms with E-state index in [1.807, 2.05) is 0 Å². The summed E-state index contributed by atoms with van der Waals surface area (Å²) in [5, 5.41) is 12.0. The van der Waals surface area contributed by atoms with Gasteiger partial charge < -0.3 is 19.9 Å². The number of carbonyl (C=O) groups is 3. The predicted molar refractivity (Wildman–Crippen MR) is 121 cm³/mol. The Balaban J connectivity index is 1.76. The lowest BCUT2D eigenvalue weighted by molar-refractivity contribution is -0.127. The third-order valence-corrected chi connectivity index (χ3v) is 5.82. The monoisotopic (exact) mass is 506 g/mol. The molecule has 8 nitrogen and oxygen atoms in total. The van der Waals surface area contributed by atoms with Crippen LogP contribution < -0.4 is 14.8 Å². The first kappa shape index (κ1) is 22.7. The number of amides is 3. The van der Waals surface area contributed by atoms with Crippen LogP contribution in [0.15, 0.2) is 45.8 Å². The number of methoxy groups -OCH3 is 1. The van der Waals surface area contributed by atoms with Gasteiger partial charge in [0.2, 0.25) is 5.91 Å². The van der Waals surface area contributed by atoms with Gasteiger partial charge in [-0.1, -0.05) is 28.1 Å². The van der Waals surface area contributed by atoms with Crippen molar-refractivity contribution in [3.8, 4) is 17.2 Å². The van der Waals surface area contributed by atoms with Crippen molar-refractivity contribution in [3.05, 3.63) is 51.3 Å². The fraction of sp³-hybridized carbons (Fsp3) is 0.190. The number of nitrogens with one attached hydrogen (secondary N) is 1. The topological polar surface area (TPSA) is 105 Å². The van der Waals surface area contributed by atoms with Crippen LogP contribution in [0.2, 0.25) is 0 Å². The molecule has 0 radical (unpaired) electrons. The van der Waals surface area contributed by atoms with Gasteiger partial charge in [-0.2, -0.15) is 0 Å². The average Bonchev–Trinajstić information content (AvgIpc) is 2.99. The Kier molecular flexibility index (Phi) is 7.24. The molecule has 1 aliphatic rings. The molecular weight excluding hydrogens is 488 g/mol. The Morgan fingerprint density at radius 2 is 2.00 bits per heavy atom. The minimum absolute atomic E-state index is 0.0491. The molecule has 0 atom stereocenters. The largest absolute Gasteiger partial charge is 0.504 e. The van der Waals surface area contributed by atoms with E-state index < -0.39 is 23.6 Å². The van der Waals surface area contributed by atoms with Gasteiger partial charge in [-0.05, 0) is 54.6 Å². The number of hydrogen-bond acceptors (Lipinski definition) is 7. The first-order chi connectivity index (χ1) is 14.8. The fourth-order valence-electron chi connectivity index (χ4n) is 2.80. The lowest BCUT2D eigenvalue weighted by Crippen LogP contribution is -2.36. The van der Waals surface area contributed by atoms with Crippen LogP contribution in [0, 0.1) is 0 Å². The molecule has 1 heterocycles. The number of nitrogens with zero attached hydrogens (tertiary/aromatic N) is 1. The third kappa shape index (κ3) is 5.20. The molecule has 0 unspecified atom stereocenters. The van der Waals surface area contributed by atoms with E-state index in [0.29, 0.717) is 28.1 Å². The minimum Gasteiger partial charge on any atom is -0.504 e. The summed E-state index contributed by atoms with van der Waals surface area (Å²) in [6, 6.07) is 9.83. The average molecular weight is 507 g/mol. The fourth-order valence-corrected chi connectivity index (χ4v) is 4.07. The van der Waals surface area contributed by atoms with Crippen LogP contribution in [-0.4, -0.2) is 47.3 Å². The molecule has 1 aliphatic heterocycles. The van der Waals surface area contributed by atoms with Crippen LogP contribution in [0.1, 0.15) is 12.5 Å². The van der Waals surface area contributed by atoms with E-state index in [0.717, 1.165) is 16.7 Å². The normalized spacial score (nSPS) is 14.8. The Morgan fingerprint density at radius 3 is 2.71 bits per heavy atom. The lowest BCUT2D eigenvalue weighted by Gasteiger charge is -2.14. The maximum atomic E-state index is 12.7. The summed E-state index contributed by atoms with van der Waals surface area (Å²) >= 11 is 4.06. The number of carbonyl (C=O) groups excluding carboxylic acids is 3. The molecule has 31 heavy (non-hydrogen) atoms. The van der Waals surface area contributed by atoms with Gasteiger partial charge in [0.15, 0.2) is 11.5 Å². The molecule has 10 heteroatoms. The third-order valence-electron chi connectivity index (χ3n) is 4.22. The van der Waals surface area contributed by atoms with E-state index in [2.05, 4.69) is 21.2 Å². The summed E-state index contributed by atoms with van der Waals surface area (Å²) in [4.78, 5) is 38.5. The van der Waals surface area contributed by atoms with Gasteiger partial charge in [-0.3, -0.25) is 19.3 Å². The predicted octanol–water partition coefficient (Wildman–Crippen LogP) is 4.24. The number of anilines is 1. The van der Waals surface area contributed by atoms with Crippen molar-refractivity contribution in [2.45, 2.75) is 6.92 Å². The quantitative estimate of drug-likeness (QED) is 0.541. The summed E-state index contributed by atoms with van der Waals surface area (Å²) in [6.45, 7) is 1.70. The van der Waals surface area contributed by atoms with Gasteiger partial charge in [0.1, 0.15) is 12.3 Å². The molecule has 3 rings (SSSR count). The summed E-state index contributed by atoms with van der Waals surface area (Å²) < 4.78 is 11.1. The highest BCUT2D eigenvalue weighted by Crippen LogP contribution is 2.37. The first-order valence-corrected chi connectivity index (χ1v) is 10.8. The number of thioether (sulfide) groups is 1. The summed E-state index contributed by atoms with van der Waals surface area (Å²) in [5.41, 5.74) is 0.985. The number of aromatic hydroxyl groups is 1. The highest BCUT2D eigenvalue weighted by molar-refractivity contribution is 9.10. The molecule has 2 aromatic rings. The molecule has 3 amide bonds. The lowest BCUT2D eigenvalue weighted by atomic mass is 10.2. The molecule has 2 N–H and O–H groups in total. The summed E-state index contributed by atoms with van der Waals surface area (Å²) in [6.07, 6.45) is 1.51. The molecule has 0 spiro atoms. The van der Waals surface area contributed by atoms with E-state index in [-0.39, 0.29) is 16.4 Å². The molecular formula is C21H19BrN2O6S. The van der Waals surface area contributed by atoms with E-state index in [1.54, 1.807) is 37.3 Å². The van der Waals surface area contributed by atoms with Crippen LogP contribution in [0.5, 0.6) is 17.2 Å². The van der Waals surface area contributed by atoms with Crippen molar-refractivity contribution in [1.82, 2.24) is 4.90 Å². The highest BCUT2D eigenvalue weighted by Gasteiger charge is 2.36. The van der Waals surface area contributed by atoms with E-state index >= 15 is 0 Å². The molecule has 0 saturated carbocycles. The SMILES string of the molecule is CCOc1cc(/C=C2\SC(=O)N(CC(=O)Nc3ccccc3OC)C2=O)c(Br)cc1O. The highest BCUT2D eigenvalue weighted by atomic mass is 79.9. The maximum Gasteiger partial charge on any atom is 0.294 e. The second-order valence-electron chi connectivity index (χ2n) is 6.29. The second-order valence-corrected chi connectivity index (χ2v) is 8.14. The molecule has 162 valence electrons. The Labute approximate surface area is 191 Å². The molecule has 0 bridgehead atoms. The first-order valence-electron chi connectivity index (χ1n) is 9.17. The van der Waals surface area contributed by atoms with Crippen LogP contribution in [0.25, 0.3) is 6.08 Å². The van der Waals surface area contributed by atoms with Crippen molar-refractivity contribution in [1.29, 1.82) is 0 Å². The van der Waals surface area contributed by atoms with Gasteiger partial charge in [0.05, 0.1) is 24.3 Å². The van der Waals surface area contributed by atoms with E-state index in [4.69, 9.17) is 9.47 Å². The zero-order valence-corrected chi connectivity index (χ0v) is 19.1. The Morgan fingerprint density at radius 1 is 1.26 bits per heavy atom. The van der Waals surface area contributed by atoms with Gasteiger partial charge in [-0.15, -0.1) is 0 Å². The summed E-state index contributed by atoms with van der Waals surface area (Å²) in [7, 11) is 1.48. The number of hydrogen-bond donors (Lipinski definition) is 2. The number of phenolic OH excluding ortho intramolecular Hbond substituents is 1. The molecule has 0 aromatic heterocycles. The number of halogens is 1. The standard InChI is InChI=1S/C21H19BrN2O6S/c1-3-30-17-8-12(13(22)10-15(17)25)9-18-20(27)24(21(28)31-18)11-19(26)23-14-6-4-5-7-16(14)29-2/h4-10,25H,3,11H2,1-2H3,(H,23,26)/b18-9-. The number of rotatable bonds is 7. The van der Waals surface area contributed by atoms with Crippen molar-refractivity contribution >= 4 is 56.5 Å². The zero-order chi connectivity index (χ0) is 22.5. The van der Waals surface area contributed by atoms with Crippen LogP contribution in [0.3, 0.4) is 0 Å². The van der Waals surface area contributed by atoms with Gasteiger partial charge in [0.25, 0.3) is 11.1 Å². The smallest absolute Gasteiger partial charge is 0.294 e. The van der Waals surface area contributed by atoms with Gasteiger partial charge in [-0.25, -0.2) is 0 Å². The van der Waals surface area contributed by atoms with Crippen molar-refractivity contribution < 1.29 is 29.0 Å². The molecule has 0 aliphatic carbocycles. The molecule has 2 aromatic carbocycles. The Bertz CT molecular complexity index is 1070. The maximum absolute atomic E-state index is 12.7. The van der Waals surface area contributed by atoms with Crippen molar-refractivity contribution in [2.75, 3.05) is 25.6 Å². The van der Waals surface area contributed by atoms with Crippen LogP contribution >= 0.6 is 27.7 Å². The summed E-state index contributed by atoms with van der Waals surface area (Å²) in [5.74, 6) is -0.438. The van der Waals surface area contributed by atoms with Crippen molar-refractivity contribution in [2.24, 2.45) is 0 Å². The number of ether oxygens (including phenoxy) is 2. The Hall–Kier alpha value is -2.98. The molecule has 1 saturated heterocycles. The van der Waals surface area contributed by atoms with Crippen LogP contribution in [0.4, 0.5) is 10.5 Å².